The van der Waals surface area contributed by atoms with Gasteiger partial charge in [-0.25, -0.2) is 9.78 Å². The van der Waals surface area contributed by atoms with Crippen LogP contribution in [0.5, 0.6) is 0 Å². The van der Waals surface area contributed by atoms with E-state index in [0.29, 0.717) is 12.4 Å². The Hall–Kier alpha value is -3.26. The summed E-state index contributed by atoms with van der Waals surface area (Å²) in [6.45, 7) is 2.42. The average Bonchev–Trinajstić information content (AvgIpc) is 3.29. The molecule has 0 atom stereocenters. The molecular formula is C18H16N6OS. The lowest BCUT2D eigenvalue weighted by Gasteiger charge is -2.06. The number of carbonyl (C=O) groups is 1. The van der Waals surface area contributed by atoms with Gasteiger partial charge in [0.2, 0.25) is 0 Å². The van der Waals surface area contributed by atoms with Gasteiger partial charge in [-0.15, -0.1) is 0 Å². The summed E-state index contributed by atoms with van der Waals surface area (Å²) in [5.74, 6) is 0.460. The Morgan fingerprint density at radius 3 is 3.00 bits per heavy atom. The minimum Gasteiger partial charge on any atom is -0.334 e. The third-order valence-electron chi connectivity index (χ3n) is 3.89. The first-order valence-electron chi connectivity index (χ1n) is 8.02. The van der Waals surface area contributed by atoms with Gasteiger partial charge in [0.05, 0.1) is 5.52 Å². The molecule has 4 aromatic rings. The van der Waals surface area contributed by atoms with Crippen molar-refractivity contribution in [3.63, 3.8) is 0 Å². The van der Waals surface area contributed by atoms with Crippen molar-refractivity contribution in [2.75, 3.05) is 5.32 Å². The first-order valence-corrected chi connectivity index (χ1v) is 8.96. The van der Waals surface area contributed by atoms with Gasteiger partial charge in [-0.3, -0.25) is 15.4 Å². The van der Waals surface area contributed by atoms with Crippen molar-refractivity contribution in [1.29, 1.82) is 0 Å². The van der Waals surface area contributed by atoms with Crippen LogP contribution in [-0.2, 0) is 6.54 Å². The monoisotopic (exact) mass is 364 g/mol. The summed E-state index contributed by atoms with van der Waals surface area (Å²) in [6, 6.07) is 7.33. The van der Waals surface area contributed by atoms with E-state index in [0.717, 1.165) is 33.4 Å². The van der Waals surface area contributed by atoms with Gasteiger partial charge in [0.25, 0.3) is 0 Å². The Morgan fingerprint density at radius 2 is 2.19 bits per heavy atom. The maximum Gasteiger partial charge on any atom is 0.320 e. The number of aromatic nitrogens is 4. The second-order valence-corrected chi connectivity index (χ2v) is 6.59. The Morgan fingerprint density at radius 1 is 1.27 bits per heavy atom. The van der Waals surface area contributed by atoms with E-state index in [1.54, 1.807) is 29.8 Å². The van der Waals surface area contributed by atoms with Gasteiger partial charge in [0, 0.05) is 41.6 Å². The van der Waals surface area contributed by atoms with E-state index in [2.05, 4.69) is 30.8 Å². The molecule has 130 valence electrons. The van der Waals surface area contributed by atoms with Gasteiger partial charge < -0.3 is 5.32 Å². The minimum atomic E-state index is -0.299. The van der Waals surface area contributed by atoms with Crippen LogP contribution in [0.4, 0.5) is 10.6 Å². The van der Waals surface area contributed by atoms with Crippen LogP contribution < -0.4 is 10.6 Å². The molecule has 0 aliphatic rings. The Kier molecular flexibility index (Phi) is 4.32. The molecule has 4 heterocycles. The van der Waals surface area contributed by atoms with Crippen LogP contribution in [0.3, 0.4) is 0 Å². The summed E-state index contributed by atoms with van der Waals surface area (Å²) in [7, 11) is 0. The van der Waals surface area contributed by atoms with E-state index >= 15 is 0 Å². The number of urea groups is 1. The molecule has 0 saturated heterocycles. The smallest absolute Gasteiger partial charge is 0.320 e. The summed E-state index contributed by atoms with van der Waals surface area (Å²) in [6.07, 6.45) is 3.46. The van der Waals surface area contributed by atoms with Crippen LogP contribution in [0, 0.1) is 6.92 Å². The van der Waals surface area contributed by atoms with Crippen molar-refractivity contribution in [3.05, 3.63) is 58.7 Å². The van der Waals surface area contributed by atoms with E-state index < -0.39 is 0 Å². The molecule has 4 rings (SSSR count). The number of amides is 2. The molecule has 2 amide bonds. The molecule has 0 radical (unpaired) electrons. The number of thiophene rings is 1. The zero-order valence-electron chi connectivity index (χ0n) is 14.0. The summed E-state index contributed by atoms with van der Waals surface area (Å²) in [5.41, 5.74) is 4.58. The van der Waals surface area contributed by atoms with Crippen LogP contribution >= 0.6 is 11.3 Å². The molecule has 4 aromatic heterocycles. The number of hydrogen-bond donors (Lipinski definition) is 3. The minimum absolute atomic E-state index is 0.299. The van der Waals surface area contributed by atoms with E-state index in [9.17, 15) is 4.79 Å². The topological polar surface area (TPSA) is 95.6 Å². The lowest BCUT2D eigenvalue weighted by Crippen LogP contribution is -2.28. The molecule has 0 unspecified atom stereocenters. The fourth-order valence-electron chi connectivity index (χ4n) is 2.63. The molecule has 0 aliphatic heterocycles. The Labute approximate surface area is 153 Å². The van der Waals surface area contributed by atoms with Crippen molar-refractivity contribution in [1.82, 2.24) is 25.5 Å². The quantitative estimate of drug-likeness (QED) is 0.514. The molecule has 7 nitrogen and oxygen atoms in total. The molecule has 0 saturated carbocycles. The fraction of sp³-hybridized carbons (Fsp3) is 0.111. The fourth-order valence-corrected chi connectivity index (χ4v) is 3.30. The molecule has 0 aromatic carbocycles. The first kappa shape index (κ1) is 16.2. The number of aryl methyl sites for hydroxylation is 1. The van der Waals surface area contributed by atoms with Crippen molar-refractivity contribution in [3.8, 4) is 11.3 Å². The molecular weight excluding hydrogens is 348 g/mol. The lowest BCUT2D eigenvalue weighted by molar-refractivity contribution is 0.251. The molecule has 0 aliphatic carbocycles. The van der Waals surface area contributed by atoms with Crippen molar-refractivity contribution in [2.24, 2.45) is 0 Å². The number of nitrogens with one attached hydrogen (secondary N) is 3. The Balaban J connectivity index is 1.50. The van der Waals surface area contributed by atoms with Crippen LogP contribution in [-0.4, -0.2) is 26.2 Å². The predicted molar refractivity (Wildman–Crippen MR) is 102 cm³/mol. The SMILES string of the molecule is Cc1cc(-c2n[nH]c3cc(NC(=O)NCc4ccsc4)ncc23)ccn1. The highest BCUT2D eigenvalue weighted by molar-refractivity contribution is 7.07. The number of hydrogen-bond acceptors (Lipinski definition) is 5. The molecule has 0 bridgehead atoms. The number of nitrogens with zero attached hydrogens (tertiary/aromatic N) is 3. The zero-order valence-corrected chi connectivity index (χ0v) is 14.8. The predicted octanol–water partition coefficient (Wildman–Crippen LogP) is 3.71. The first-order chi connectivity index (χ1) is 12.7. The highest BCUT2D eigenvalue weighted by atomic mass is 32.1. The number of carbonyl (C=O) groups excluding carboxylic acids is 1. The van der Waals surface area contributed by atoms with Crippen LogP contribution in [0.15, 0.2) is 47.4 Å². The van der Waals surface area contributed by atoms with Crippen molar-refractivity contribution < 1.29 is 4.79 Å². The lowest BCUT2D eigenvalue weighted by atomic mass is 10.1. The highest BCUT2D eigenvalue weighted by Crippen LogP contribution is 2.26. The molecule has 3 N–H and O–H groups in total. The third kappa shape index (κ3) is 3.40. The van der Waals surface area contributed by atoms with E-state index in [4.69, 9.17) is 0 Å². The van der Waals surface area contributed by atoms with Crippen molar-refractivity contribution >= 4 is 34.1 Å². The summed E-state index contributed by atoms with van der Waals surface area (Å²) < 4.78 is 0. The molecule has 0 spiro atoms. The second-order valence-electron chi connectivity index (χ2n) is 5.81. The number of H-pyrrole nitrogens is 1. The maximum absolute atomic E-state index is 12.0. The third-order valence-corrected chi connectivity index (χ3v) is 4.62. The number of fused-ring (bicyclic) bond motifs is 1. The maximum atomic E-state index is 12.0. The van der Waals surface area contributed by atoms with Crippen molar-refractivity contribution in [2.45, 2.75) is 13.5 Å². The van der Waals surface area contributed by atoms with Gasteiger partial charge in [-0.2, -0.15) is 16.4 Å². The summed E-state index contributed by atoms with van der Waals surface area (Å²) in [4.78, 5) is 20.5. The largest absolute Gasteiger partial charge is 0.334 e. The van der Waals surface area contributed by atoms with Gasteiger partial charge in [-0.05, 0) is 41.4 Å². The number of anilines is 1. The normalized spacial score (nSPS) is 10.8. The van der Waals surface area contributed by atoms with Gasteiger partial charge in [0.15, 0.2) is 0 Å². The molecule has 8 heteroatoms. The summed E-state index contributed by atoms with van der Waals surface area (Å²) >= 11 is 1.60. The number of aromatic amines is 1. The van der Waals surface area contributed by atoms with E-state index in [1.165, 1.54) is 0 Å². The van der Waals surface area contributed by atoms with Crippen LogP contribution in [0.1, 0.15) is 11.3 Å². The average molecular weight is 364 g/mol. The van der Waals surface area contributed by atoms with Gasteiger partial charge in [0.1, 0.15) is 11.5 Å². The zero-order chi connectivity index (χ0) is 17.9. The van der Waals surface area contributed by atoms with E-state index in [-0.39, 0.29) is 6.03 Å². The Bertz CT molecular complexity index is 1060. The van der Waals surface area contributed by atoms with Gasteiger partial charge in [-0.1, -0.05) is 0 Å². The summed E-state index contributed by atoms with van der Waals surface area (Å²) in [5, 5.41) is 17.8. The second kappa shape index (κ2) is 6.93. The molecule has 0 fully saturated rings. The number of rotatable bonds is 4. The van der Waals surface area contributed by atoms with Crippen LogP contribution in [0.25, 0.3) is 22.2 Å². The standard InChI is InChI=1S/C18H16N6OS/c1-11-6-13(2-4-19-11)17-14-9-20-16(7-15(14)23-24-17)22-18(25)21-8-12-3-5-26-10-12/h2-7,9-10H,8H2,1H3,(H,23,24)(H2,20,21,22,25). The van der Waals surface area contributed by atoms with E-state index in [1.807, 2.05) is 35.9 Å². The highest BCUT2D eigenvalue weighted by Gasteiger charge is 2.11. The van der Waals surface area contributed by atoms with Gasteiger partial charge >= 0.3 is 6.03 Å². The van der Waals surface area contributed by atoms with Crippen LogP contribution in [0.2, 0.25) is 0 Å². The number of pyridine rings is 2. The molecule has 26 heavy (non-hydrogen) atoms.